The van der Waals surface area contributed by atoms with Crippen LogP contribution in [0.4, 0.5) is 10.3 Å². The van der Waals surface area contributed by atoms with Gasteiger partial charge in [-0.1, -0.05) is 12.1 Å². The fourth-order valence-corrected chi connectivity index (χ4v) is 4.85. The zero-order chi connectivity index (χ0) is 21.5. The van der Waals surface area contributed by atoms with E-state index in [0.29, 0.717) is 12.0 Å². The Kier molecular flexibility index (Phi) is 4.83. The Balaban J connectivity index is 1.47. The van der Waals surface area contributed by atoms with Gasteiger partial charge in [0, 0.05) is 29.1 Å². The van der Waals surface area contributed by atoms with Crippen LogP contribution in [0, 0.1) is 5.82 Å². The smallest absolute Gasteiger partial charge is 0.223 e. The molecule has 1 aliphatic carbocycles. The molecule has 1 saturated carbocycles. The number of hydrogen-bond donors (Lipinski definition) is 1. The molecule has 4 heterocycles. The van der Waals surface area contributed by atoms with E-state index in [2.05, 4.69) is 44.5 Å². The summed E-state index contributed by atoms with van der Waals surface area (Å²) in [6.45, 7) is 0. The van der Waals surface area contributed by atoms with Crippen molar-refractivity contribution in [3.05, 3.63) is 76.6 Å². The molecule has 1 N–H and O–H groups in total. The predicted octanol–water partition coefficient (Wildman–Crippen LogP) is 5.98. The lowest BCUT2D eigenvalue weighted by Gasteiger charge is -2.15. The lowest BCUT2D eigenvalue weighted by molar-refractivity contribution is 0.628. The van der Waals surface area contributed by atoms with E-state index in [1.807, 2.05) is 6.07 Å². The highest BCUT2D eigenvalue weighted by molar-refractivity contribution is 7.10. The maximum Gasteiger partial charge on any atom is 0.223 e. The molecule has 32 heavy (non-hydrogen) atoms. The summed E-state index contributed by atoms with van der Waals surface area (Å²) in [6.07, 6.45) is 10.5. The number of thiophene rings is 1. The third-order valence-corrected chi connectivity index (χ3v) is 6.77. The Bertz CT molecular complexity index is 1270. The first-order valence-corrected chi connectivity index (χ1v) is 11.8. The molecule has 0 spiro atoms. The maximum absolute atomic E-state index is 13.6. The first-order chi connectivity index (χ1) is 15.7. The van der Waals surface area contributed by atoms with Gasteiger partial charge in [-0.05, 0) is 67.1 Å². The Morgan fingerprint density at radius 1 is 1.06 bits per heavy atom. The summed E-state index contributed by atoms with van der Waals surface area (Å²) in [4.78, 5) is 15.5. The molecule has 7 heteroatoms. The number of anilines is 1. The number of allylic oxidation sites excluding steroid dienone is 1. The summed E-state index contributed by atoms with van der Waals surface area (Å²) >= 11 is 1.73. The van der Waals surface area contributed by atoms with E-state index in [1.165, 1.54) is 17.0 Å². The summed E-state index contributed by atoms with van der Waals surface area (Å²) < 4.78 is 15.9. The van der Waals surface area contributed by atoms with Gasteiger partial charge in [-0.15, -0.1) is 11.3 Å². The van der Waals surface area contributed by atoms with Gasteiger partial charge in [0.2, 0.25) is 5.95 Å². The summed E-state index contributed by atoms with van der Waals surface area (Å²) in [5.41, 5.74) is 3.52. The first-order valence-electron chi connectivity index (χ1n) is 10.9. The minimum absolute atomic E-state index is 0.193. The molecule has 1 aromatic carbocycles. The number of aryl methyl sites for hydroxylation is 1. The van der Waals surface area contributed by atoms with Crippen molar-refractivity contribution >= 4 is 23.4 Å². The molecule has 0 saturated heterocycles. The molecular weight excluding hydrogens is 421 g/mol. The molecule has 4 aromatic rings. The zero-order valence-corrected chi connectivity index (χ0v) is 18.2. The molecule has 1 aliphatic heterocycles. The van der Waals surface area contributed by atoms with E-state index in [1.54, 1.807) is 29.7 Å². The van der Waals surface area contributed by atoms with E-state index in [-0.39, 0.29) is 11.9 Å². The van der Waals surface area contributed by atoms with Crippen LogP contribution in [0.15, 0.2) is 60.1 Å². The van der Waals surface area contributed by atoms with E-state index in [9.17, 15) is 4.39 Å². The summed E-state index contributed by atoms with van der Waals surface area (Å²) in [5, 5.41) is 5.48. The standard InChI is InChI=1S/C25H22FN5S/c26-17-5-3-16(4-6-17)23-24(21-13-14-27-25(29-21)28-18-7-8-18)31-19(10-12-22(31)30-23)9-11-20-2-1-15-32-20/h1-6,9,11,13-15,18-19H,7-8,10,12H2,(H,27,28,29). The van der Waals surface area contributed by atoms with Crippen molar-refractivity contribution in [3.63, 3.8) is 0 Å². The van der Waals surface area contributed by atoms with Crippen LogP contribution in [0.25, 0.3) is 28.7 Å². The largest absolute Gasteiger partial charge is 0.351 e. The van der Waals surface area contributed by atoms with Crippen LogP contribution in [-0.2, 0) is 6.42 Å². The average molecular weight is 444 g/mol. The fourth-order valence-electron chi connectivity index (χ4n) is 4.22. The molecule has 1 fully saturated rings. The number of nitrogens with zero attached hydrogens (tertiary/aromatic N) is 4. The third-order valence-electron chi connectivity index (χ3n) is 5.93. The van der Waals surface area contributed by atoms with Gasteiger partial charge in [0.15, 0.2) is 0 Å². The van der Waals surface area contributed by atoms with Gasteiger partial charge in [0.05, 0.1) is 23.1 Å². The minimum atomic E-state index is -0.253. The van der Waals surface area contributed by atoms with Crippen molar-refractivity contribution < 1.29 is 4.39 Å². The second-order valence-corrected chi connectivity index (χ2v) is 9.25. The van der Waals surface area contributed by atoms with Crippen LogP contribution in [0.5, 0.6) is 0 Å². The third kappa shape index (κ3) is 3.73. The molecule has 160 valence electrons. The van der Waals surface area contributed by atoms with Crippen LogP contribution in [-0.4, -0.2) is 25.6 Å². The Labute approximate surface area is 189 Å². The lowest BCUT2D eigenvalue weighted by atomic mass is 10.1. The number of halogens is 1. The second-order valence-electron chi connectivity index (χ2n) is 8.27. The predicted molar refractivity (Wildman–Crippen MR) is 126 cm³/mol. The van der Waals surface area contributed by atoms with Crippen LogP contribution in [0.3, 0.4) is 0 Å². The Hall–Kier alpha value is -3.32. The second kappa shape index (κ2) is 7.98. The minimum Gasteiger partial charge on any atom is -0.351 e. The van der Waals surface area contributed by atoms with Gasteiger partial charge in [-0.25, -0.2) is 19.3 Å². The number of benzene rings is 1. The summed E-state index contributed by atoms with van der Waals surface area (Å²) in [5.74, 6) is 1.43. The number of fused-ring (bicyclic) bond motifs is 1. The summed E-state index contributed by atoms with van der Waals surface area (Å²) in [6, 6.07) is 13.3. The number of rotatable bonds is 6. The molecular formula is C25H22FN5S. The van der Waals surface area contributed by atoms with Crippen molar-refractivity contribution in [2.75, 3.05) is 5.32 Å². The molecule has 0 amide bonds. The molecule has 1 unspecified atom stereocenters. The number of aromatic nitrogens is 4. The number of hydrogen-bond acceptors (Lipinski definition) is 5. The van der Waals surface area contributed by atoms with Crippen molar-refractivity contribution in [3.8, 4) is 22.6 Å². The van der Waals surface area contributed by atoms with Gasteiger partial charge < -0.3 is 9.88 Å². The van der Waals surface area contributed by atoms with Crippen molar-refractivity contribution in [1.82, 2.24) is 19.5 Å². The number of nitrogens with one attached hydrogen (secondary N) is 1. The lowest BCUT2D eigenvalue weighted by Crippen LogP contribution is -2.08. The van der Waals surface area contributed by atoms with Gasteiger partial charge in [0.25, 0.3) is 0 Å². The van der Waals surface area contributed by atoms with Crippen molar-refractivity contribution in [1.29, 1.82) is 0 Å². The molecule has 0 radical (unpaired) electrons. The topological polar surface area (TPSA) is 55.6 Å². The van der Waals surface area contributed by atoms with E-state index < -0.39 is 0 Å². The molecule has 3 aromatic heterocycles. The van der Waals surface area contributed by atoms with Crippen LogP contribution in [0.1, 0.15) is 36.0 Å². The SMILES string of the molecule is Fc1ccc(-c2nc3n(c2-c2ccnc(NC4CC4)n2)C(C=Cc2cccs2)CC3)cc1. The molecule has 2 aliphatic rings. The summed E-state index contributed by atoms with van der Waals surface area (Å²) in [7, 11) is 0. The van der Waals surface area contributed by atoms with Crippen molar-refractivity contribution in [2.45, 2.75) is 37.8 Å². The van der Waals surface area contributed by atoms with E-state index in [4.69, 9.17) is 9.97 Å². The molecule has 6 rings (SSSR count). The maximum atomic E-state index is 13.6. The monoisotopic (exact) mass is 443 g/mol. The van der Waals surface area contributed by atoms with Gasteiger partial charge in [-0.2, -0.15) is 0 Å². The van der Waals surface area contributed by atoms with Crippen LogP contribution in [0.2, 0.25) is 0 Å². The van der Waals surface area contributed by atoms with Gasteiger partial charge in [0.1, 0.15) is 11.6 Å². The number of imidazole rings is 1. The van der Waals surface area contributed by atoms with Crippen LogP contribution < -0.4 is 5.32 Å². The van der Waals surface area contributed by atoms with E-state index in [0.717, 1.165) is 54.2 Å². The highest BCUT2D eigenvalue weighted by atomic mass is 32.1. The Morgan fingerprint density at radius 2 is 1.94 bits per heavy atom. The highest BCUT2D eigenvalue weighted by Gasteiger charge is 2.30. The van der Waals surface area contributed by atoms with E-state index >= 15 is 0 Å². The van der Waals surface area contributed by atoms with Crippen molar-refractivity contribution in [2.24, 2.45) is 0 Å². The average Bonchev–Trinajstić information content (AvgIpc) is 3.18. The fraction of sp³-hybridized carbons (Fsp3) is 0.240. The zero-order valence-electron chi connectivity index (χ0n) is 17.4. The van der Waals surface area contributed by atoms with Crippen LogP contribution >= 0.6 is 11.3 Å². The Morgan fingerprint density at radius 3 is 2.72 bits per heavy atom. The first kappa shape index (κ1) is 19.4. The normalized spacial score (nSPS) is 17.7. The quantitative estimate of drug-likeness (QED) is 0.398. The molecule has 5 nitrogen and oxygen atoms in total. The molecule has 0 bridgehead atoms. The molecule has 1 atom stereocenters. The highest BCUT2D eigenvalue weighted by Crippen LogP contribution is 2.40. The van der Waals surface area contributed by atoms with Gasteiger partial charge >= 0.3 is 0 Å². The van der Waals surface area contributed by atoms with Gasteiger partial charge in [-0.3, -0.25) is 0 Å².